The standard InChI is InChI=1S/C19H33N3/c1-4-6-7-8-9-10-11-12-17(5-2)13-19-21-15-18(22-19)16(3)14-20/h15-17H,4-13H2,1-3H3,(H,21,22). The van der Waals surface area contributed by atoms with E-state index in [1.165, 1.54) is 57.8 Å². The van der Waals surface area contributed by atoms with Crippen LogP contribution in [0.25, 0.3) is 0 Å². The van der Waals surface area contributed by atoms with Gasteiger partial charge in [0.2, 0.25) is 0 Å². The molecule has 2 atom stereocenters. The van der Waals surface area contributed by atoms with Crippen LogP contribution in [0.4, 0.5) is 0 Å². The maximum Gasteiger partial charge on any atom is 0.106 e. The van der Waals surface area contributed by atoms with Crippen LogP contribution in [0, 0.1) is 17.2 Å². The van der Waals surface area contributed by atoms with E-state index in [2.05, 4.69) is 29.9 Å². The smallest absolute Gasteiger partial charge is 0.106 e. The third-order valence-electron chi connectivity index (χ3n) is 4.58. The Morgan fingerprint density at radius 1 is 1.14 bits per heavy atom. The first kappa shape index (κ1) is 18.7. The molecule has 0 saturated heterocycles. The summed E-state index contributed by atoms with van der Waals surface area (Å²) in [6.07, 6.45) is 15.0. The molecule has 2 unspecified atom stereocenters. The van der Waals surface area contributed by atoms with Crippen molar-refractivity contribution in [3.63, 3.8) is 0 Å². The summed E-state index contributed by atoms with van der Waals surface area (Å²) in [7, 11) is 0. The van der Waals surface area contributed by atoms with E-state index in [1.807, 2.05) is 13.1 Å². The van der Waals surface area contributed by atoms with Gasteiger partial charge in [-0.1, -0.05) is 71.6 Å². The molecule has 3 heteroatoms. The molecule has 124 valence electrons. The van der Waals surface area contributed by atoms with E-state index < -0.39 is 0 Å². The summed E-state index contributed by atoms with van der Waals surface area (Å²) >= 11 is 0. The number of nitrogens with zero attached hydrogens (tertiary/aromatic N) is 2. The van der Waals surface area contributed by atoms with E-state index in [4.69, 9.17) is 5.26 Å². The monoisotopic (exact) mass is 303 g/mol. The maximum absolute atomic E-state index is 8.95. The Labute approximate surface area is 136 Å². The summed E-state index contributed by atoms with van der Waals surface area (Å²) in [5.74, 6) is 1.67. The summed E-state index contributed by atoms with van der Waals surface area (Å²) in [5.41, 5.74) is 0.947. The SMILES string of the molecule is CCCCCCCCCC(CC)Cc1ncc(C(C)C#N)[nH]1. The van der Waals surface area contributed by atoms with Crippen LogP contribution in [0.1, 0.15) is 96.0 Å². The molecule has 0 saturated carbocycles. The zero-order valence-corrected chi connectivity index (χ0v) is 14.7. The van der Waals surface area contributed by atoms with Crippen LogP contribution in [0.15, 0.2) is 6.20 Å². The fourth-order valence-electron chi connectivity index (χ4n) is 2.89. The third kappa shape index (κ3) is 7.11. The second-order valence-electron chi connectivity index (χ2n) is 6.52. The lowest BCUT2D eigenvalue weighted by molar-refractivity contribution is 0.429. The number of hydrogen-bond acceptors (Lipinski definition) is 2. The topological polar surface area (TPSA) is 52.5 Å². The molecule has 0 aromatic carbocycles. The lowest BCUT2D eigenvalue weighted by Gasteiger charge is -2.13. The predicted molar refractivity (Wildman–Crippen MR) is 92.7 cm³/mol. The van der Waals surface area contributed by atoms with E-state index in [0.717, 1.165) is 17.9 Å². The van der Waals surface area contributed by atoms with Crippen molar-refractivity contribution in [1.29, 1.82) is 5.26 Å². The van der Waals surface area contributed by atoms with Crippen molar-refractivity contribution < 1.29 is 0 Å². The Morgan fingerprint density at radius 3 is 2.45 bits per heavy atom. The second-order valence-corrected chi connectivity index (χ2v) is 6.52. The molecule has 1 aromatic heterocycles. The number of rotatable bonds is 12. The van der Waals surface area contributed by atoms with E-state index in [1.54, 1.807) is 0 Å². The molecule has 1 rings (SSSR count). The van der Waals surface area contributed by atoms with E-state index in [9.17, 15) is 0 Å². The van der Waals surface area contributed by atoms with Gasteiger partial charge in [-0.15, -0.1) is 0 Å². The molecule has 3 nitrogen and oxygen atoms in total. The molecular weight excluding hydrogens is 270 g/mol. The van der Waals surface area contributed by atoms with Crippen LogP contribution in [0.3, 0.4) is 0 Å². The summed E-state index contributed by atoms with van der Waals surface area (Å²) in [4.78, 5) is 7.76. The molecule has 0 fully saturated rings. The van der Waals surface area contributed by atoms with Crippen LogP contribution in [0.2, 0.25) is 0 Å². The van der Waals surface area contributed by atoms with Crippen molar-refractivity contribution in [2.45, 2.75) is 90.9 Å². The van der Waals surface area contributed by atoms with Gasteiger partial charge in [-0.05, 0) is 12.8 Å². The van der Waals surface area contributed by atoms with Gasteiger partial charge in [0.05, 0.1) is 17.7 Å². The van der Waals surface area contributed by atoms with Crippen molar-refractivity contribution in [3.8, 4) is 6.07 Å². The Balaban J connectivity index is 2.24. The first-order valence-corrected chi connectivity index (χ1v) is 9.14. The number of aromatic amines is 1. The normalized spacial score (nSPS) is 13.7. The van der Waals surface area contributed by atoms with Crippen molar-refractivity contribution in [3.05, 3.63) is 17.7 Å². The molecule has 0 radical (unpaired) electrons. The number of aromatic nitrogens is 2. The molecule has 22 heavy (non-hydrogen) atoms. The van der Waals surface area contributed by atoms with Gasteiger partial charge in [-0.3, -0.25) is 0 Å². The average Bonchev–Trinajstić information content (AvgIpc) is 3.00. The minimum atomic E-state index is -0.0931. The highest BCUT2D eigenvalue weighted by atomic mass is 14.9. The minimum Gasteiger partial charge on any atom is -0.345 e. The van der Waals surface area contributed by atoms with Crippen LogP contribution in [-0.4, -0.2) is 9.97 Å². The van der Waals surface area contributed by atoms with E-state index in [0.29, 0.717) is 5.92 Å². The minimum absolute atomic E-state index is 0.0931. The van der Waals surface area contributed by atoms with Gasteiger partial charge in [0.1, 0.15) is 5.82 Å². The van der Waals surface area contributed by atoms with Gasteiger partial charge in [0, 0.05) is 12.6 Å². The lowest BCUT2D eigenvalue weighted by atomic mass is 9.94. The first-order chi connectivity index (χ1) is 10.7. The predicted octanol–water partition coefficient (Wildman–Crippen LogP) is 5.75. The number of H-pyrrole nitrogens is 1. The van der Waals surface area contributed by atoms with Gasteiger partial charge in [0.25, 0.3) is 0 Å². The zero-order chi connectivity index (χ0) is 16.2. The summed E-state index contributed by atoms with van der Waals surface area (Å²) in [6, 6.07) is 2.25. The molecule has 1 heterocycles. The largest absolute Gasteiger partial charge is 0.345 e. The van der Waals surface area contributed by atoms with Gasteiger partial charge in [0.15, 0.2) is 0 Å². The van der Waals surface area contributed by atoms with Crippen molar-refractivity contribution in [2.24, 2.45) is 5.92 Å². The van der Waals surface area contributed by atoms with Gasteiger partial charge in [-0.2, -0.15) is 5.26 Å². The van der Waals surface area contributed by atoms with Crippen LogP contribution in [-0.2, 0) is 6.42 Å². The molecule has 0 amide bonds. The fourth-order valence-corrected chi connectivity index (χ4v) is 2.89. The van der Waals surface area contributed by atoms with Crippen LogP contribution < -0.4 is 0 Å². The Kier molecular flexibility index (Phi) is 9.62. The molecule has 0 aliphatic heterocycles. The first-order valence-electron chi connectivity index (χ1n) is 9.14. The molecule has 0 bridgehead atoms. The fraction of sp³-hybridized carbons (Fsp3) is 0.789. The van der Waals surface area contributed by atoms with Gasteiger partial charge < -0.3 is 4.98 Å². The maximum atomic E-state index is 8.95. The third-order valence-corrected chi connectivity index (χ3v) is 4.58. The van der Waals surface area contributed by atoms with Crippen molar-refractivity contribution in [2.75, 3.05) is 0 Å². The lowest BCUT2D eigenvalue weighted by Crippen LogP contribution is -2.05. The highest BCUT2D eigenvalue weighted by Gasteiger charge is 2.12. The van der Waals surface area contributed by atoms with Gasteiger partial charge in [-0.25, -0.2) is 4.98 Å². The molecule has 0 spiro atoms. The molecule has 1 N–H and O–H groups in total. The summed E-state index contributed by atoms with van der Waals surface area (Å²) in [5, 5.41) is 8.95. The van der Waals surface area contributed by atoms with Crippen molar-refractivity contribution >= 4 is 0 Å². The Hall–Kier alpha value is -1.30. The highest BCUT2D eigenvalue weighted by Crippen LogP contribution is 2.20. The number of nitrogens with one attached hydrogen (secondary N) is 1. The summed E-state index contributed by atoms with van der Waals surface area (Å²) in [6.45, 7) is 6.45. The van der Waals surface area contributed by atoms with E-state index >= 15 is 0 Å². The number of hydrogen-bond donors (Lipinski definition) is 1. The molecule has 0 aliphatic rings. The average molecular weight is 303 g/mol. The quantitative estimate of drug-likeness (QED) is 0.500. The van der Waals surface area contributed by atoms with Crippen molar-refractivity contribution in [1.82, 2.24) is 9.97 Å². The Bertz CT molecular complexity index is 430. The zero-order valence-electron chi connectivity index (χ0n) is 14.7. The highest BCUT2D eigenvalue weighted by molar-refractivity contribution is 5.13. The number of nitriles is 1. The van der Waals surface area contributed by atoms with Crippen LogP contribution >= 0.6 is 0 Å². The Morgan fingerprint density at radius 2 is 1.82 bits per heavy atom. The van der Waals surface area contributed by atoms with E-state index in [-0.39, 0.29) is 5.92 Å². The molecule has 0 aliphatic carbocycles. The van der Waals surface area contributed by atoms with Gasteiger partial charge >= 0.3 is 0 Å². The molecule has 1 aromatic rings. The molecular formula is C19H33N3. The van der Waals surface area contributed by atoms with Crippen LogP contribution in [0.5, 0.6) is 0 Å². The summed E-state index contributed by atoms with van der Waals surface area (Å²) < 4.78 is 0. The number of unbranched alkanes of at least 4 members (excludes halogenated alkanes) is 6. The second kappa shape index (κ2) is 11.3. The number of imidazole rings is 1.